The summed E-state index contributed by atoms with van der Waals surface area (Å²) >= 11 is 0. The van der Waals surface area contributed by atoms with Crippen LogP contribution < -0.4 is 5.73 Å². The summed E-state index contributed by atoms with van der Waals surface area (Å²) in [5, 5.41) is 10.7. The Morgan fingerprint density at radius 3 is 2.67 bits per heavy atom. The van der Waals surface area contributed by atoms with Crippen molar-refractivity contribution in [2.75, 3.05) is 6.54 Å². The van der Waals surface area contributed by atoms with Gasteiger partial charge in [0.05, 0.1) is 11.0 Å². The zero-order valence-corrected chi connectivity index (χ0v) is 8.74. The van der Waals surface area contributed by atoms with Crippen LogP contribution in [0.5, 0.6) is 0 Å². The van der Waals surface area contributed by atoms with Crippen LogP contribution in [-0.2, 0) is 9.84 Å². The van der Waals surface area contributed by atoms with Crippen molar-refractivity contribution in [1.82, 2.24) is 0 Å². The maximum Gasteiger partial charge on any atom is 0.200 e. The zero-order valence-electron chi connectivity index (χ0n) is 7.92. The molecular formula is C10H11NO3S. The lowest BCUT2D eigenvalue weighted by Crippen LogP contribution is -2.20. The number of rotatable bonds is 2. The number of aliphatic hydroxyl groups excluding tert-OH is 1. The quantitative estimate of drug-likeness (QED) is 0.750. The molecule has 0 spiro atoms. The number of nitrogens with two attached hydrogens (primary N) is 1. The number of hydrogen-bond acceptors (Lipinski definition) is 4. The summed E-state index contributed by atoms with van der Waals surface area (Å²) in [5.74, 6) is 0. The largest absolute Gasteiger partial charge is 0.387 e. The lowest BCUT2D eigenvalue weighted by atomic mass is 10.0. The number of fused-ring (bicyclic) bond motifs is 1. The van der Waals surface area contributed by atoms with E-state index in [2.05, 4.69) is 0 Å². The minimum absolute atomic E-state index is 0.00961. The summed E-state index contributed by atoms with van der Waals surface area (Å²) in [6, 6.07) is 6.58. The average molecular weight is 225 g/mol. The van der Waals surface area contributed by atoms with Gasteiger partial charge in [-0.2, -0.15) is 0 Å². The Morgan fingerprint density at radius 2 is 2.00 bits per heavy atom. The molecule has 1 aromatic carbocycles. The fourth-order valence-corrected chi connectivity index (χ4v) is 3.14. The molecule has 1 unspecified atom stereocenters. The molecule has 80 valence electrons. The average Bonchev–Trinajstić information content (AvgIpc) is 2.51. The summed E-state index contributed by atoms with van der Waals surface area (Å²) in [7, 11) is -3.39. The van der Waals surface area contributed by atoms with Crippen LogP contribution in [0.25, 0.3) is 5.57 Å². The Balaban J connectivity index is 2.63. The van der Waals surface area contributed by atoms with E-state index in [0.717, 1.165) is 5.41 Å². The van der Waals surface area contributed by atoms with Crippen molar-refractivity contribution in [2.24, 2.45) is 5.73 Å². The topological polar surface area (TPSA) is 80.4 Å². The van der Waals surface area contributed by atoms with E-state index >= 15 is 0 Å². The highest BCUT2D eigenvalue weighted by molar-refractivity contribution is 7.95. The smallest absolute Gasteiger partial charge is 0.200 e. The molecule has 5 heteroatoms. The SMILES string of the molecule is NCC(O)C1=CS(=O)(=O)c2ccccc21. The highest BCUT2D eigenvalue weighted by atomic mass is 32.2. The van der Waals surface area contributed by atoms with E-state index in [9.17, 15) is 13.5 Å². The van der Waals surface area contributed by atoms with Crippen molar-refractivity contribution < 1.29 is 13.5 Å². The maximum atomic E-state index is 11.7. The third-order valence-electron chi connectivity index (χ3n) is 2.37. The van der Waals surface area contributed by atoms with Crippen molar-refractivity contribution in [1.29, 1.82) is 0 Å². The molecule has 1 aliphatic rings. The normalized spacial score (nSPS) is 19.5. The van der Waals surface area contributed by atoms with Crippen LogP contribution in [-0.4, -0.2) is 26.2 Å². The third kappa shape index (κ3) is 1.58. The summed E-state index contributed by atoms with van der Waals surface area (Å²) in [4.78, 5) is 0.243. The Kier molecular flexibility index (Phi) is 2.38. The highest BCUT2D eigenvalue weighted by Gasteiger charge is 2.29. The van der Waals surface area contributed by atoms with Gasteiger partial charge in [0.25, 0.3) is 0 Å². The van der Waals surface area contributed by atoms with Crippen LogP contribution in [0, 0.1) is 0 Å². The predicted molar refractivity (Wildman–Crippen MR) is 56.7 cm³/mol. The minimum Gasteiger partial charge on any atom is -0.387 e. The first kappa shape index (κ1) is 10.4. The summed E-state index contributed by atoms with van der Waals surface area (Å²) in [6.07, 6.45) is -0.927. The van der Waals surface area contributed by atoms with Gasteiger partial charge in [-0.1, -0.05) is 18.2 Å². The number of benzene rings is 1. The first-order chi connectivity index (χ1) is 7.06. The Labute approximate surface area is 88.0 Å². The fourth-order valence-electron chi connectivity index (χ4n) is 1.63. The molecule has 2 rings (SSSR count). The van der Waals surface area contributed by atoms with E-state index < -0.39 is 15.9 Å². The van der Waals surface area contributed by atoms with Crippen molar-refractivity contribution >= 4 is 15.4 Å². The second kappa shape index (κ2) is 3.44. The molecule has 0 aromatic heterocycles. The Bertz CT molecular complexity index is 519. The molecule has 0 saturated carbocycles. The van der Waals surface area contributed by atoms with Gasteiger partial charge in [-0.05, 0) is 11.6 Å². The van der Waals surface area contributed by atoms with Crippen molar-refractivity contribution in [3.63, 3.8) is 0 Å². The van der Waals surface area contributed by atoms with Crippen molar-refractivity contribution in [3.05, 3.63) is 35.2 Å². The van der Waals surface area contributed by atoms with Gasteiger partial charge in [0.1, 0.15) is 0 Å². The second-order valence-electron chi connectivity index (χ2n) is 3.37. The van der Waals surface area contributed by atoms with Crippen LogP contribution in [0.1, 0.15) is 5.56 Å². The van der Waals surface area contributed by atoms with E-state index in [0.29, 0.717) is 11.1 Å². The van der Waals surface area contributed by atoms with E-state index in [1.54, 1.807) is 18.2 Å². The lowest BCUT2D eigenvalue weighted by molar-refractivity contribution is 0.241. The van der Waals surface area contributed by atoms with Gasteiger partial charge >= 0.3 is 0 Å². The van der Waals surface area contributed by atoms with Gasteiger partial charge in [-0.15, -0.1) is 0 Å². The molecule has 0 bridgehead atoms. The van der Waals surface area contributed by atoms with E-state index in [4.69, 9.17) is 5.73 Å². The molecule has 0 saturated heterocycles. The first-order valence-corrected chi connectivity index (χ1v) is 6.05. The Hall–Kier alpha value is -1.17. The number of aliphatic hydroxyl groups is 1. The molecule has 4 nitrogen and oxygen atoms in total. The first-order valence-electron chi connectivity index (χ1n) is 4.50. The van der Waals surface area contributed by atoms with E-state index in [-0.39, 0.29) is 11.4 Å². The predicted octanol–water partition coefficient (Wildman–Crippen LogP) is 0.134. The minimum atomic E-state index is -3.39. The highest BCUT2D eigenvalue weighted by Crippen LogP contribution is 2.34. The lowest BCUT2D eigenvalue weighted by Gasteiger charge is -2.09. The van der Waals surface area contributed by atoms with E-state index in [1.807, 2.05) is 0 Å². The summed E-state index contributed by atoms with van der Waals surface area (Å²) < 4.78 is 23.3. The molecule has 0 amide bonds. The molecule has 0 aliphatic carbocycles. The van der Waals surface area contributed by atoms with Crippen molar-refractivity contribution in [3.8, 4) is 0 Å². The van der Waals surface area contributed by atoms with Crippen LogP contribution in [0.2, 0.25) is 0 Å². The molecule has 1 aliphatic heterocycles. The monoisotopic (exact) mass is 225 g/mol. The molecule has 1 heterocycles. The van der Waals surface area contributed by atoms with Crippen molar-refractivity contribution in [2.45, 2.75) is 11.0 Å². The third-order valence-corrected chi connectivity index (χ3v) is 3.90. The molecular weight excluding hydrogens is 214 g/mol. The molecule has 3 N–H and O–H groups in total. The number of sulfone groups is 1. The van der Waals surface area contributed by atoms with Gasteiger partial charge in [0.2, 0.25) is 9.84 Å². The van der Waals surface area contributed by atoms with E-state index in [1.165, 1.54) is 6.07 Å². The second-order valence-corrected chi connectivity index (χ2v) is 5.13. The standard InChI is InChI=1S/C10H11NO3S/c11-5-9(12)8-6-15(13,14)10-4-2-1-3-7(8)10/h1-4,6,9,12H,5,11H2. The molecule has 0 fully saturated rings. The van der Waals surface area contributed by atoms with Gasteiger partial charge in [-0.3, -0.25) is 0 Å². The molecule has 1 aromatic rings. The zero-order chi connectivity index (χ0) is 11.1. The van der Waals surface area contributed by atoms with Crippen LogP contribution in [0.4, 0.5) is 0 Å². The molecule has 15 heavy (non-hydrogen) atoms. The maximum absolute atomic E-state index is 11.7. The summed E-state index contributed by atoms with van der Waals surface area (Å²) in [6.45, 7) is 0.00961. The van der Waals surface area contributed by atoms with Crippen LogP contribution >= 0.6 is 0 Å². The number of hydrogen-bond donors (Lipinski definition) is 2. The van der Waals surface area contributed by atoms with Crippen LogP contribution in [0.15, 0.2) is 34.6 Å². The van der Waals surface area contributed by atoms with Crippen LogP contribution in [0.3, 0.4) is 0 Å². The van der Waals surface area contributed by atoms with Gasteiger partial charge in [0.15, 0.2) is 0 Å². The Morgan fingerprint density at radius 1 is 1.33 bits per heavy atom. The van der Waals surface area contributed by atoms with Gasteiger partial charge in [0, 0.05) is 17.5 Å². The van der Waals surface area contributed by atoms with Gasteiger partial charge < -0.3 is 10.8 Å². The fraction of sp³-hybridized carbons (Fsp3) is 0.200. The molecule has 1 atom stereocenters. The van der Waals surface area contributed by atoms with Gasteiger partial charge in [-0.25, -0.2) is 8.42 Å². The summed E-state index contributed by atoms with van der Waals surface area (Å²) in [5.41, 5.74) is 6.25. The molecule has 0 radical (unpaired) electrons.